The van der Waals surface area contributed by atoms with Crippen molar-refractivity contribution in [1.82, 2.24) is 5.32 Å². The molecular weight excluding hydrogens is 378 g/mol. The second-order valence-corrected chi connectivity index (χ2v) is 7.57. The Labute approximate surface area is 168 Å². The Kier molecular flexibility index (Phi) is 5.81. The van der Waals surface area contributed by atoms with Gasteiger partial charge in [0.2, 0.25) is 5.91 Å². The lowest BCUT2D eigenvalue weighted by Crippen LogP contribution is -2.29. The number of ether oxygens (including phenoxy) is 4. The first-order valence-corrected chi connectivity index (χ1v) is 10.4. The third-order valence-corrected chi connectivity index (χ3v) is 5.59. The Morgan fingerprint density at radius 3 is 2.21 bits per heavy atom. The van der Waals surface area contributed by atoms with Gasteiger partial charge in [-0.25, -0.2) is 0 Å². The number of rotatable bonds is 6. The van der Waals surface area contributed by atoms with Crippen molar-refractivity contribution in [2.24, 2.45) is 0 Å². The van der Waals surface area contributed by atoms with E-state index in [2.05, 4.69) is 12.2 Å². The molecule has 6 nitrogen and oxygen atoms in total. The van der Waals surface area contributed by atoms with Crippen molar-refractivity contribution in [2.75, 3.05) is 32.2 Å². The van der Waals surface area contributed by atoms with E-state index >= 15 is 0 Å². The Balaban J connectivity index is 1.35. The molecule has 4 rings (SSSR count). The van der Waals surface area contributed by atoms with Gasteiger partial charge in [0.15, 0.2) is 23.0 Å². The van der Waals surface area contributed by atoms with E-state index in [1.54, 1.807) is 0 Å². The Morgan fingerprint density at radius 1 is 0.929 bits per heavy atom. The van der Waals surface area contributed by atoms with Crippen molar-refractivity contribution in [3.05, 3.63) is 42.0 Å². The highest BCUT2D eigenvalue weighted by atomic mass is 32.2. The summed E-state index contributed by atoms with van der Waals surface area (Å²) in [6.07, 6.45) is 0.792. The van der Waals surface area contributed by atoms with Crippen molar-refractivity contribution in [2.45, 2.75) is 24.3 Å². The van der Waals surface area contributed by atoms with E-state index in [9.17, 15) is 4.79 Å². The van der Waals surface area contributed by atoms with Gasteiger partial charge in [0.1, 0.15) is 26.4 Å². The number of thioether (sulfide) groups is 1. The van der Waals surface area contributed by atoms with Crippen LogP contribution in [0.15, 0.2) is 41.3 Å². The summed E-state index contributed by atoms with van der Waals surface area (Å²) in [5.41, 5.74) is 1.02. The second kappa shape index (κ2) is 8.65. The molecule has 148 valence electrons. The van der Waals surface area contributed by atoms with Gasteiger partial charge in [-0.2, -0.15) is 0 Å². The van der Waals surface area contributed by atoms with Gasteiger partial charge in [0.05, 0.1) is 11.8 Å². The first kappa shape index (κ1) is 18.8. The average molecular weight is 401 g/mol. The molecule has 0 aromatic heterocycles. The Hall–Kier alpha value is -2.54. The number of hydrogen-bond donors (Lipinski definition) is 1. The van der Waals surface area contributed by atoms with Crippen LogP contribution in [0.3, 0.4) is 0 Å². The van der Waals surface area contributed by atoms with Crippen molar-refractivity contribution in [3.8, 4) is 23.0 Å². The van der Waals surface area contributed by atoms with Crippen LogP contribution in [0, 0.1) is 0 Å². The molecule has 0 aliphatic carbocycles. The van der Waals surface area contributed by atoms with E-state index < -0.39 is 0 Å². The molecule has 2 heterocycles. The quantitative estimate of drug-likeness (QED) is 0.747. The maximum atomic E-state index is 12.5. The molecule has 28 heavy (non-hydrogen) atoms. The molecule has 0 bridgehead atoms. The molecule has 2 aliphatic rings. The minimum atomic E-state index is -0.0656. The van der Waals surface area contributed by atoms with Crippen LogP contribution in [0.5, 0.6) is 23.0 Å². The first-order valence-electron chi connectivity index (χ1n) is 9.44. The Bertz CT molecular complexity index is 857. The standard InChI is InChI=1S/C21H23NO5S/c1-2-16(14-3-5-17-19(11-14)26-9-7-24-17)22-21(23)13-28-15-4-6-18-20(12-15)27-10-8-25-18/h3-6,11-12,16H,2,7-10,13H2,1H3,(H,22,23). The molecule has 0 fully saturated rings. The SMILES string of the molecule is CCC(NC(=O)CSc1ccc2c(c1)OCCO2)c1ccc2c(c1)OCCO2. The zero-order chi connectivity index (χ0) is 19.3. The summed E-state index contributed by atoms with van der Waals surface area (Å²) in [5.74, 6) is 3.30. The van der Waals surface area contributed by atoms with E-state index in [1.165, 1.54) is 11.8 Å². The van der Waals surface area contributed by atoms with Crippen LogP contribution >= 0.6 is 11.8 Å². The van der Waals surface area contributed by atoms with Crippen LogP contribution in [-0.4, -0.2) is 38.1 Å². The van der Waals surface area contributed by atoms with Crippen molar-refractivity contribution >= 4 is 17.7 Å². The smallest absolute Gasteiger partial charge is 0.230 e. The van der Waals surface area contributed by atoms with Gasteiger partial charge in [-0.15, -0.1) is 11.8 Å². The van der Waals surface area contributed by atoms with Gasteiger partial charge < -0.3 is 24.3 Å². The minimum Gasteiger partial charge on any atom is -0.486 e. The summed E-state index contributed by atoms with van der Waals surface area (Å²) in [6, 6.07) is 11.5. The van der Waals surface area contributed by atoms with E-state index in [-0.39, 0.29) is 11.9 Å². The zero-order valence-electron chi connectivity index (χ0n) is 15.7. The lowest BCUT2D eigenvalue weighted by Gasteiger charge is -2.22. The summed E-state index contributed by atoms with van der Waals surface area (Å²) in [7, 11) is 0. The Morgan fingerprint density at radius 2 is 1.54 bits per heavy atom. The van der Waals surface area contributed by atoms with Crippen LogP contribution in [0.1, 0.15) is 24.9 Å². The van der Waals surface area contributed by atoms with Gasteiger partial charge in [-0.1, -0.05) is 13.0 Å². The molecule has 2 aliphatic heterocycles. The number of carbonyl (C=O) groups excluding carboxylic acids is 1. The predicted octanol–water partition coefficient (Wildman–Crippen LogP) is 3.59. The van der Waals surface area contributed by atoms with Crippen molar-refractivity contribution in [1.29, 1.82) is 0 Å². The van der Waals surface area contributed by atoms with Crippen LogP contribution in [0.2, 0.25) is 0 Å². The summed E-state index contributed by atoms with van der Waals surface area (Å²) in [6.45, 7) is 4.29. The topological polar surface area (TPSA) is 66.0 Å². The van der Waals surface area contributed by atoms with Crippen LogP contribution in [0.25, 0.3) is 0 Å². The number of nitrogens with one attached hydrogen (secondary N) is 1. The molecule has 0 radical (unpaired) electrons. The van der Waals surface area contributed by atoms with E-state index in [4.69, 9.17) is 18.9 Å². The minimum absolute atomic E-state index is 0.0124. The molecule has 0 saturated heterocycles. The van der Waals surface area contributed by atoms with Gasteiger partial charge in [-0.3, -0.25) is 4.79 Å². The second-order valence-electron chi connectivity index (χ2n) is 6.53. The molecule has 0 spiro atoms. The average Bonchev–Trinajstić information content (AvgIpc) is 2.75. The fraction of sp³-hybridized carbons (Fsp3) is 0.381. The summed E-state index contributed by atoms with van der Waals surface area (Å²) >= 11 is 1.48. The molecule has 7 heteroatoms. The maximum Gasteiger partial charge on any atom is 0.230 e. The highest BCUT2D eigenvalue weighted by Gasteiger charge is 2.18. The van der Waals surface area contributed by atoms with Crippen LogP contribution in [0.4, 0.5) is 0 Å². The summed E-state index contributed by atoms with van der Waals surface area (Å²) < 4.78 is 22.3. The highest BCUT2D eigenvalue weighted by molar-refractivity contribution is 8.00. The number of amides is 1. The maximum absolute atomic E-state index is 12.5. The highest BCUT2D eigenvalue weighted by Crippen LogP contribution is 2.35. The third-order valence-electron chi connectivity index (χ3n) is 4.60. The van der Waals surface area contributed by atoms with E-state index in [0.29, 0.717) is 32.2 Å². The van der Waals surface area contributed by atoms with Crippen molar-refractivity contribution < 1.29 is 23.7 Å². The monoisotopic (exact) mass is 401 g/mol. The predicted molar refractivity (Wildman–Crippen MR) is 107 cm³/mol. The zero-order valence-corrected chi connectivity index (χ0v) is 16.6. The normalized spacial score (nSPS) is 15.6. The molecule has 1 atom stereocenters. The molecular formula is C21H23NO5S. The van der Waals surface area contributed by atoms with Crippen LogP contribution in [-0.2, 0) is 4.79 Å². The molecule has 1 N–H and O–H groups in total. The molecule has 1 unspecified atom stereocenters. The largest absolute Gasteiger partial charge is 0.486 e. The fourth-order valence-electron chi connectivity index (χ4n) is 3.20. The van der Waals surface area contributed by atoms with E-state index in [0.717, 1.165) is 39.9 Å². The van der Waals surface area contributed by atoms with Crippen molar-refractivity contribution in [3.63, 3.8) is 0 Å². The van der Waals surface area contributed by atoms with Gasteiger partial charge in [0.25, 0.3) is 0 Å². The lowest BCUT2D eigenvalue weighted by molar-refractivity contribution is -0.119. The number of carbonyl (C=O) groups is 1. The molecule has 2 aromatic rings. The van der Waals surface area contributed by atoms with Gasteiger partial charge in [-0.05, 0) is 42.3 Å². The lowest BCUT2D eigenvalue weighted by atomic mass is 10.0. The summed E-state index contributed by atoms with van der Waals surface area (Å²) in [5, 5.41) is 3.11. The van der Waals surface area contributed by atoms with Crippen LogP contribution < -0.4 is 24.3 Å². The van der Waals surface area contributed by atoms with Gasteiger partial charge in [0, 0.05) is 4.90 Å². The molecule has 1 amide bonds. The summed E-state index contributed by atoms with van der Waals surface area (Å²) in [4.78, 5) is 13.5. The molecule has 0 saturated carbocycles. The number of hydrogen-bond acceptors (Lipinski definition) is 6. The van der Waals surface area contributed by atoms with E-state index in [1.807, 2.05) is 36.4 Å². The number of fused-ring (bicyclic) bond motifs is 2. The fourth-order valence-corrected chi connectivity index (χ4v) is 3.93. The third kappa shape index (κ3) is 4.30. The number of benzene rings is 2. The first-order chi connectivity index (χ1) is 13.7. The van der Waals surface area contributed by atoms with Gasteiger partial charge >= 0.3 is 0 Å². The molecule has 2 aromatic carbocycles.